The molecule has 0 aromatic carbocycles. The van der Waals surface area contributed by atoms with Crippen molar-refractivity contribution in [3.05, 3.63) is 0 Å². The van der Waals surface area contributed by atoms with Crippen molar-refractivity contribution in [1.82, 2.24) is 5.32 Å². The molecule has 0 aromatic rings. The number of ketones is 1. The molecule has 0 rings (SSSR count). The van der Waals surface area contributed by atoms with Gasteiger partial charge in [-0.15, -0.1) is 0 Å². The number of carbonyl (C=O) groups excluding carboxylic acids is 1. The number of carbonyl (C=O) groups is 1. The van der Waals surface area contributed by atoms with Gasteiger partial charge in [0, 0.05) is 26.5 Å². The first kappa shape index (κ1) is 16.6. The van der Waals surface area contributed by atoms with E-state index in [2.05, 4.69) is 12.2 Å². The van der Waals surface area contributed by atoms with Crippen LogP contribution in [0.3, 0.4) is 0 Å². The van der Waals surface area contributed by atoms with E-state index < -0.39 is 0 Å². The Morgan fingerprint density at radius 2 is 1.93 bits per heavy atom. The number of Topliss-reactive ketones (excluding diaryl/α,β-unsaturated/α-hetero) is 1. The molecule has 0 bridgehead atoms. The van der Waals surface area contributed by atoms with Crippen LogP contribution in [0.15, 0.2) is 0 Å². The van der Waals surface area contributed by atoms with Crippen molar-refractivity contribution in [3.8, 4) is 0 Å². The predicted molar refractivity (Wildman–Crippen MR) is 53.0 cm³/mol. The van der Waals surface area contributed by atoms with Crippen molar-refractivity contribution in [3.63, 3.8) is 0 Å². The minimum Gasteiger partial charge on any atom is -0.378 e. The van der Waals surface area contributed by atoms with Crippen LogP contribution < -0.4 is 5.32 Å². The van der Waals surface area contributed by atoms with Gasteiger partial charge in [-0.2, -0.15) is 0 Å². The molecule has 0 aliphatic carbocycles. The summed E-state index contributed by atoms with van der Waals surface area (Å²) in [5.74, 6) is 0.0487. The summed E-state index contributed by atoms with van der Waals surface area (Å²) in [6.45, 7) is 7.31. The maximum atomic E-state index is 10.4. The van der Waals surface area contributed by atoms with Crippen molar-refractivity contribution >= 4 is 5.78 Å². The molecule has 0 atom stereocenters. The molecule has 0 spiro atoms. The maximum absolute atomic E-state index is 10.4. The van der Waals surface area contributed by atoms with Crippen LogP contribution in [0, 0.1) is 0 Å². The summed E-state index contributed by atoms with van der Waals surface area (Å²) in [6.07, 6.45) is 0. The molecule has 0 aliphatic heterocycles. The van der Waals surface area contributed by atoms with Crippen LogP contribution in [0.1, 0.15) is 15.3 Å². The number of ether oxygens (including phenoxy) is 2. The molecule has 0 fully saturated rings. The Balaban J connectivity index is -0.000000720. The number of hydrogen-bond acceptors (Lipinski definition) is 4. The Morgan fingerprint density at radius 1 is 1.29 bits per heavy atom. The van der Waals surface area contributed by atoms with E-state index in [9.17, 15) is 4.79 Å². The van der Waals surface area contributed by atoms with E-state index in [1.807, 2.05) is 0 Å². The summed E-state index contributed by atoms with van der Waals surface area (Å²) in [7, 11) is 0. The Morgan fingerprint density at radius 3 is 2.50 bits per heavy atom. The molecule has 5 heteroatoms. The molecule has 1 radical (unpaired) electrons. The monoisotopic (exact) mass is 242 g/mol. The molecule has 0 saturated carbocycles. The first-order chi connectivity index (χ1) is 6.27. The van der Waals surface area contributed by atoms with Crippen LogP contribution >= 0.6 is 0 Å². The first-order valence-electron chi connectivity index (χ1n) is 4.63. The number of rotatable bonds is 9. The van der Waals surface area contributed by atoms with E-state index in [0.717, 1.165) is 13.1 Å². The molecule has 4 nitrogen and oxygen atoms in total. The largest absolute Gasteiger partial charge is 0.378 e. The van der Waals surface area contributed by atoms with Gasteiger partial charge in [0.15, 0.2) is 5.78 Å². The molecule has 14 heavy (non-hydrogen) atoms. The fourth-order valence-corrected chi connectivity index (χ4v) is 0.757. The summed E-state index contributed by atoms with van der Waals surface area (Å²) in [5, 5.41) is 3.14. The van der Waals surface area contributed by atoms with Crippen molar-refractivity contribution in [2.75, 3.05) is 39.5 Å². The van der Waals surface area contributed by atoms with Gasteiger partial charge in [0.25, 0.3) is 0 Å². The zero-order chi connectivity index (χ0) is 9.94. The van der Waals surface area contributed by atoms with Gasteiger partial charge in [-0.25, -0.2) is 0 Å². The normalized spacial score (nSPS) is 9.57. The third kappa shape index (κ3) is 14.6. The van der Waals surface area contributed by atoms with Crippen LogP contribution in [0.4, 0.5) is 0 Å². The average Bonchev–Trinajstić information content (AvgIpc) is 2.09. The Labute approximate surface area is 99.1 Å². The summed E-state index contributed by atoms with van der Waals surface area (Å²) >= 11 is 0. The smallest absolute Gasteiger partial charge is 0.155 e. The molecule has 0 saturated heterocycles. The molecule has 0 amide bonds. The topological polar surface area (TPSA) is 47.6 Å². The fourth-order valence-electron chi connectivity index (χ4n) is 0.757. The maximum Gasteiger partial charge on any atom is 0.155 e. The molecular formula is C9H21NO3V. The van der Waals surface area contributed by atoms with Crippen molar-refractivity contribution in [2.45, 2.75) is 13.8 Å². The Bertz CT molecular complexity index is 139. The third-order valence-corrected chi connectivity index (χ3v) is 1.35. The van der Waals surface area contributed by atoms with Gasteiger partial charge in [0.2, 0.25) is 0 Å². The molecule has 0 heterocycles. The minimum atomic E-state index is 0. The van der Waals surface area contributed by atoms with Gasteiger partial charge >= 0.3 is 0 Å². The quantitative estimate of drug-likeness (QED) is 0.597. The second kappa shape index (κ2) is 13.1. The Kier molecular flexibility index (Phi) is 15.5. The molecular weight excluding hydrogens is 221 g/mol. The van der Waals surface area contributed by atoms with E-state index in [-0.39, 0.29) is 32.4 Å². The second-order valence-corrected chi connectivity index (χ2v) is 2.72. The molecule has 1 N–H and O–H groups in total. The van der Waals surface area contributed by atoms with Gasteiger partial charge in [-0.1, -0.05) is 6.92 Å². The fraction of sp³-hybridized carbons (Fsp3) is 0.889. The number of hydrogen-bond donors (Lipinski definition) is 1. The van der Waals surface area contributed by atoms with E-state index in [4.69, 9.17) is 9.47 Å². The van der Waals surface area contributed by atoms with Gasteiger partial charge in [0.1, 0.15) is 6.61 Å². The molecule has 0 aliphatic rings. The van der Waals surface area contributed by atoms with Crippen molar-refractivity contribution < 1.29 is 34.3 Å². The van der Waals surface area contributed by atoms with E-state index in [1.54, 1.807) is 0 Å². The summed E-state index contributed by atoms with van der Waals surface area (Å²) in [4.78, 5) is 10.4. The summed E-state index contributed by atoms with van der Waals surface area (Å²) in [6, 6.07) is 0. The SMILES string of the molecule is CCNCCOCCOCC(C)=O.[HH].[V]. The summed E-state index contributed by atoms with van der Waals surface area (Å²) < 4.78 is 10.2. The first-order valence-corrected chi connectivity index (χ1v) is 4.63. The van der Waals surface area contributed by atoms with Crippen LogP contribution in [0.2, 0.25) is 0 Å². The molecule has 85 valence electrons. The van der Waals surface area contributed by atoms with E-state index >= 15 is 0 Å². The van der Waals surface area contributed by atoms with E-state index in [0.29, 0.717) is 19.8 Å². The third-order valence-electron chi connectivity index (χ3n) is 1.35. The average molecular weight is 242 g/mol. The molecule has 0 aromatic heterocycles. The number of nitrogens with one attached hydrogen (secondary N) is 1. The van der Waals surface area contributed by atoms with Gasteiger partial charge in [0.05, 0.1) is 19.8 Å². The number of likely N-dealkylation sites (N-methyl/N-ethyl adjacent to an activating group) is 1. The van der Waals surface area contributed by atoms with Gasteiger partial charge in [-0.05, 0) is 13.5 Å². The second-order valence-electron chi connectivity index (χ2n) is 2.72. The zero-order valence-corrected chi connectivity index (χ0v) is 10.3. The Hall–Kier alpha value is 0.134. The van der Waals surface area contributed by atoms with Crippen LogP contribution in [0.5, 0.6) is 0 Å². The minimum absolute atomic E-state index is 0. The predicted octanol–water partition coefficient (Wildman–Crippen LogP) is 0.462. The molecule has 0 unspecified atom stereocenters. The van der Waals surface area contributed by atoms with Crippen LogP contribution in [0.25, 0.3) is 0 Å². The standard InChI is InChI=1S/C9H19NO3.V.H2/c1-3-10-4-5-12-6-7-13-8-9(2)11;;/h10H,3-8H2,1-2H3;;1H. The van der Waals surface area contributed by atoms with E-state index in [1.165, 1.54) is 6.92 Å². The van der Waals surface area contributed by atoms with Crippen LogP contribution in [-0.4, -0.2) is 45.3 Å². The zero-order valence-electron chi connectivity index (χ0n) is 8.91. The summed E-state index contributed by atoms with van der Waals surface area (Å²) in [5.41, 5.74) is 0. The van der Waals surface area contributed by atoms with Gasteiger partial charge < -0.3 is 14.8 Å². The van der Waals surface area contributed by atoms with Crippen LogP contribution in [-0.2, 0) is 32.8 Å². The van der Waals surface area contributed by atoms with Gasteiger partial charge in [-0.3, -0.25) is 4.79 Å². The van der Waals surface area contributed by atoms with Crippen molar-refractivity contribution in [1.29, 1.82) is 0 Å². The van der Waals surface area contributed by atoms with Crippen molar-refractivity contribution in [2.24, 2.45) is 0 Å².